The third kappa shape index (κ3) is 5.72. The molecular weight excluding hydrogens is 408 g/mol. The molecule has 164 valence electrons. The van der Waals surface area contributed by atoms with Crippen LogP contribution in [-0.2, 0) is 11.4 Å². The van der Waals surface area contributed by atoms with E-state index < -0.39 is 10.8 Å². The van der Waals surface area contributed by atoms with E-state index in [1.807, 2.05) is 37.3 Å². The number of carbonyl (C=O) groups is 1. The summed E-state index contributed by atoms with van der Waals surface area (Å²) >= 11 is 0. The van der Waals surface area contributed by atoms with Gasteiger partial charge < -0.3 is 14.8 Å². The molecule has 7 heteroatoms. The minimum Gasteiger partial charge on any atom is -0.493 e. The predicted molar refractivity (Wildman–Crippen MR) is 124 cm³/mol. The summed E-state index contributed by atoms with van der Waals surface area (Å²) in [6.07, 6.45) is 3.00. The summed E-state index contributed by atoms with van der Waals surface area (Å²) in [5, 5.41) is 13.6. The van der Waals surface area contributed by atoms with Crippen LogP contribution in [0.3, 0.4) is 0 Å². The highest BCUT2D eigenvalue weighted by molar-refractivity contribution is 6.02. The van der Waals surface area contributed by atoms with Crippen molar-refractivity contribution in [3.63, 3.8) is 0 Å². The van der Waals surface area contributed by atoms with Crippen LogP contribution in [0.15, 0.2) is 66.7 Å². The number of nitrogens with one attached hydrogen (secondary N) is 1. The van der Waals surface area contributed by atoms with E-state index >= 15 is 0 Å². The molecule has 0 aliphatic carbocycles. The Hall–Kier alpha value is -4.13. The average molecular weight is 432 g/mol. The van der Waals surface area contributed by atoms with Crippen LogP contribution in [0.5, 0.6) is 11.5 Å². The van der Waals surface area contributed by atoms with Gasteiger partial charge in [-0.25, -0.2) is 0 Å². The Kier molecular flexibility index (Phi) is 7.23. The average Bonchev–Trinajstić information content (AvgIpc) is 2.78. The molecule has 0 fully saturated rings. The summed E-state index contributed by atoms with van der Waals surface area (Å²) in [7, 11) is 1.56. The Morgan fingerprint density at radius 2 is 1.81 bits per heavy atom. The maximum Gasteiger partial charge on any atom is 0.271 e. The van der Waals surface area contributed by atoms with Crippen molar-refractivity contribution in [2.24, 2.45) is 0 Å². The van der Waals surface area contributed by atoms with Crippen LogP contribution in [0.25, 0.3) is 6.08 Å². The number of ether oxygens (including phenoxy) is 2. The van der Waals surface area contributed by atoms with Crippen molar-refractivity contribution in [2.45, 2.75) is 20.5 Å². The highest BCUT2D eigenvalue weighted by Crippen LogP contribution is 2.29. The summed E-state index contributed by atoms with van der Waals surface area (Å²) < 4.78 is 11.3. The summed E-state index contributed by atoms with van der Waals surface area (Å²) in [5.74, 6) is 0.757. The second-order valence-corrected chi connectivity index (χ2v) is 7.20. The second kappa shape index (κ2) is 10.3. The first-order valence-electron chi connectivity index (χ1n) is 9.97. The lowest BCUT2D eigenvalue weighted by Gasteiger charge is -2.12. The maximum atomic E-state index is 12.3. The Morgan fingerprint density at radius 1 is 1.03 bits per heavy atom. The number of methoxy groups -OCH3 is 1. The Morgan fingerprint density at radius 3 is 2.53 bits per heavy atom. The van der Waals surface area contributed by atoms with Crippen LogP contribution in [0.2, 0.25) is 0 Å². The van der Waals surface area contributed by atoms with Crippen molar-refractivity contribution < 1.29 is 19.2 Å². The number of nitrogens with zero attached hydrogens (tertiary/aromatic N) is 1. The van der Waals surface area contributed by atoms with Crippen LogP contribution in [0.1, 0.15) is 22.3 Å². The number of hydrogen-bond donors (Lipinski definition) is 1. The van der Waals surface area contributed by atoms with Crippen LogP contribution >= 0.6 is 0 Å². The zero-order valence-electron chi connectivity index (χ0n) is 18.1. The number of aryl methyl sites for hydroxylation is 2. The monoisotopic (exact) mass is 432 g/mol. The smallest absolute Gasteiger partial charge is 0.271 e. The van der Waals surface area contributed by atoms with E-state index in [9.17, 15) is 14.9 Å². The van der Waals surface area contributed by atoms with E-state index in [1.54, 1.807) is 38.3 Å². The number of amides is 1. The van der Waals surface area contributed by atoms with Crippen molar-refractivity contribution in [1.82, 2.24) is 0 Å². The topological polar surface area (TPSA) is 90.7 Å². The molecule has 0 atom stereocenters. The molecule has 0 aromatic heterocycles. The molecule has 0 aliphatic rings. The quantitative estimate of drug-likeness (QED) is 0.290. The van der Waals surface area contributed by atoms with Gasteiger partial charge in [0.1, 0.15) is 6.61 Å². The molecule has 1 N–H and O–H groups in total. The SMILES string of the molecule is COc1cc(/C=C/C(=O)Nc2cc([N+](=O)[O-])ccc2C)ccc1OCc1ccccc1C. The maximum absolute atomic E-state index is 12.3. The molecule has 0 heterocycles. The summed E-state index contributed by atoms with van der Waals surface area (Å²) in [4.78, 5) is 22.8. The van der Waals surface area contributed by atoms with Gasteiger partial charge in [0, 0.05) is 18.2 Å². The van der Waals surface area contributed by atoms with Gasteiger partial charge in [-0.3, -0.25) is 14.9 Å². The van der Waals surface area contributed by atoms with Crippen molar-refractivity contribution in [1.29, 1.82) is 0 Å². The lowest BCUT2D eigenvalue weighted by atomic mass is 10.1. The van der Waals surface area contributed by atoms with E-state index in [0.29, 0.717) is 23.8 Å². The van der Waals surface area contributed by atoms with Crippen LogP contribution in [-0.4, -0.2) is 17.9 Å². The third-order valence-electron chi connectivity index (χ3n) is 4.95. The lowest BCUT2D eigenvalue weighted by molar-refractivity contribution is -0.384. The van der Waals surface area contributed by atoms with Crippen molar-refractivity contribution in [3.05, 3.63) is 99.1 Å². The number of hydrogen-bond acceptors (Lipinski definition) is 5. The molecule has 0 unspecified atom stereocenters. The van der Waals surface area contributed by atoms with Gasteiger partial charge in [-0.05, 0) is 54.3 Å². The minimum atomic E-state index is -0.500. The summed E-state index contributed by atoms with van der Waals surface area (Å²) in [5.41, 5.74) is 4.03. The van der Waals surface area contributed by atoms with Gasteiger partial charge in [-0.1, -0.05) is 36.4 Å². The van der Waals surface area contributed by atoms with E-state index in [4.69, 9.17) is 9.47 Å². The first-order valence-corrected chi connectivity index (χ1v) is 9.97. The van der Waals surface area contributed by atoms with Crippen molar-refractivity contribution in [3.8, 4) is 11.5 Å². The van der Waals surface area contributed by atoms with Gasteiger partial charge in [0.05, 0.1) is 17.7 Å². The fourth-order valence-corrected chi connectivity index (χ4v) is 3.04. The minimum absolute atomic E-state index is 0.0825. The summed E-state index contributed by atoms with van der Waals surface area (Å²) in [6.45, 7) is 4.22. The Bertz CT molecular complexity index is 1170. The molecular formula is C25H24N2O5. The largest absolute Gasteiger partial charge is 0.493 e. The molecule has 32 heavy (non-hydrogen) atoms. The standard InChI is InChI=1S/C25H24N2O5/c1-17-6-4-5-7-20(17)16-32-23-12-9-19(14-24(23)31-3)10-13-25(28)26-22-15-21(27(29)30)11-8-18(22)2/h4-15H,16H2,1-3H3,(H,26,28)/b13-10+. The van der Waals surface area contributed by atoms with Crippen LogP contribution in [0.4, 0.5) is 11.4 Å². The van der Waals surface area contributed by atoms with Crippen LogP contribution < -0.4 is 14.8 Å². The molecule has 0 spiro atoms. The summed E-state index contributed by atoms with van der Waals surface area (Å²) in [6, 6.07) is 17.7. The molecule has 7 nitrogen and oxygen atoms in total. The predicted octanol–water partition coefficient (Wildman–Crippen LogP) is 5.45. The molecule has 0 saturated heterocycles. The molecule has 3 aromatic rings. The molecule has 0 radical (unpaired) electrons. The van der Waals surface area contributed by atoms with Gasteiger partial charge in [-0.15, -0.1) is 0 Å². The number of nitro benzene ring substituents is 1. The van der Waals surface area contributed by atoms with E-state index in [0.717, 1.165) is 22.3 Å². The molecule has 1 amide bonds. The van der Waals surface area contributed by atoms with E-state index in [2.05, 4.69) is 5.32 Å². The molecule has 0 bridgehead atoms. The number of carbonyl (C=O) groups excluding carboxylic acids is 1. The normalized spacial score (nSPS) is 10.7. The zero-order chi connectivity index (χ0) is 23.1. The van der Waals surface area contributed by atoms with Gasteiger partial charge >= 0.3 is 0 Å². The number of non-ortho nitro benzene ring substituents is 1. The zero-order valence-corrected chi connectivity index (χ0v) is 18.1. The third-order valence-corrected chi connectivity index (χ3v) is 4.95. The van der Waals surface area contributed by atoms with Gasteiger partial charge in [0.25, 0.3) is 5.69 Å². The second-order valence-electron chi connectivity index (χ2n) is 7.20. The number of anilines is 1. The fourth-order valence-electron chi connectivity index (χ4n) is 3.04. The number of nitro groups is 1. The highest BCUT2D eigenvalue weighted by Gasteiger charge is 2.10. The Labute approximate surface area is 186 Å². The van der Waals surface area contributed by atoms with Gasteiger partial charge in [0.15, 0.2) is 11.5 Å². The Balaban J connectivity index is 1.68. The van der Waals surface area contributed by atoms with Crippen LogP contribution in [0, 0.1) is 24.0 Å². The van der Waals surface area contributed by atoms with Gasteiger partial charge in [-0.2, -0.15) is 0 Å². The molecule has 3 rings (SSSR count). The number of rotatable bonds is 8. The highest BCUT2D eigenvalue weighted by atomic mass is 16.6. The van der Waals surface area contributed by atoms with Gasteiger partial charge in [0.2, 0.25) is 5.91 Å². The molecule has 0 aliphatic heterocycles. The first kappa shape index (κ1) is 22.6. The van der Waals surface area contributed by atoms with Crippen molar-refractivity contribution in [2.75, 3.05) is 12.4 Å². The fraction of sp³-hybridized carbons (Fsp3) is 0.160. The first-order chi connectivity index (χ1) is 15.4. The van der Waals surface area contributed by atoms with Crippen molar-refractivity contribution >= 4 is 23.4 Å². The van der Waals surface area contributed by atoms with E-state index in [-0.39, 0.29) is 5.69 Å². The van der Waals surface area contributed by atoms with E-state index in [1.165, 1.54) is 18.2 Å². The number of benzene rings is 3. The molecule has 0 saturated carbocycles. The lowest BCUT2D eigenvalue weighted by Crippen LogP contribution is -2.09. The molecule has 3 aromatic carbocycles.